The van der Waals surface area contributed by atoms with Crippen LogP contribution in [0, 0.1) is 28.8 Å². The Morgan fingerprint density at radius 3 is 2.36 bits per heavy atom. The quantitative estimate of drug-likeness (QED) is 0.364. The van der Waals surface area contributed by atoms with Crippen LogP contribution < -0.4 is 20.9 Å². The number of rotatable bonds is 10. The number of anilines is 1. The van der Waals surface area contributed by atoms with Gasteiger partial charge in [0.05, 0.1) is 35.0 Å². The number of halogens is 3. The van der Waals surface area contributed by atoms with Gasteiger partial charge in [0.1, 0.15) is 6.17 Å². The van der Waals surface area contributed by atoms with Gasteiger partial charge in [0, 0.05) is 38.2 Å². The van der Waals surface area contributed by atoms with Crippen LogP contribution in [-0.4, -0.2) is 50.2 Å². The van der Waals surface area contributed by atoms with Crippen molar-refractivity contribution in [1.29, 1.82) is 5.26 Å². The molecule has 1 atom stereocenters. The van der Waals surface area contributed by atoms with Crippen LogP contribution in [0.5, 0.6) is 0 Å². The number of nitriles is 1. The average molecular weight is 584 g/mol. The average Bonchev–Trinajstić information content (AvgIpc) is 2.96. The molecule has 2 aromatic rings. The number of nitrogens with zero attached hydrogens (tertiary/aromatic N) is 2. The van der Waals surface area contributed by atoms with Gasteiger partial charge in [-0.2, -0.15) is 5.26 Å². The summed E-state index contributed by atoms with van der Waals surface area (Å²) >= 11 is 0. The van der Waals surface area contributed by atoms with Gasteiger partial charge in [-0.15, -0.1) is 0 Å². The Balaban J connectivity index is 1.53. The molecule has 0 saturated heterocycles. The second-order valence-electron chi connectivity index (χ2n) is 10.4. The van der Waals surface area contributed by atoms with E-state index in [0.29, 0.717) is 37.8 Å². The van der Waals surface area contributed by atoms with Crippen molar-refractivity contribution in [2.45, 2.75) is 56.7 Å². The second-order valence-corrected chi connectivity index (χ2v) is 10.4. The second kappa shape index (κ2) is 13.2. The number of amides is 3. The molecule has 12 heteroatoms. The van der Waals surface area contributed by atoms with E-state index < -0.39 is 46.8 Å². The summed E-state index contributed by atoms with van der Waals surface area (Å²) < 4.78 is 47.5. The molecule has 0 spiro atoms. The van der Waals surface area contributed by atoms with E-state index in [0.717, 1.165) is 10.5 Å². The Bertz CT molecular complexity index is 1390. The topological polar surface area (TPSA) is 124 Å². The van der Waals surface area contributed by atoms with E-state index in [1.54, 1.807) is 0 Å². The third-order valence-corrected chi connectivity index (χ3v) is 7.72. The van der Waals surface area contributed by atoms with E-state index in [2.05, 4.69) is 22.0 Å². The highest BCUT2D eigenvalue weighted by molar-refractivity contribution is 6.03. The van der Waals surface area contributed by atoms with Gasteiger partial charge in [-0.1, -0.05) is 30.3 Å². The van der Waals surface area contributed by atoms with Crippen LogP contribution in [0.15, 0.2) is 53.7 Å². The van der Waals surface area contributed by atoms with Crippen molar-refractivity contribution in [1.82, 2.24) is 16.0 Å². The third-order valence-electron chi connectivity index (χ3n) is 7.72. The molecule has 1 heterocycles. The van der Waals surface area contributed by atoms with E-state index in [1.807, 2.05) is 30.3 Å². The molecule has 1 aliphatic heterocycles. The number of urea groups is 1. The highest BCUT2D eigenvalue weighted by atomic mass is 19.2. The van der Waals surface area contributed by atoms with Gasteiger partial charge in [-0.05, 0) is 38.2 Å². The maximum absolute atomic E-state index is 14.3. The summed E-state index contributed by atoms with van der Waals surface area (Å²) in [6.45, 7) is 1.20. The minimum atomic E-state index is -1.72. The molecule has 3 N–H and O–H groups in total. The van der Waals surface area contributed by atoms with E-state index >= 15 is 0 Å². The fraction of sp³-hybridized carbons (Fsp3) is 0.400. The monoisotopic (exact) mass is 583 g/mol. The summed E-state index contributed by atoms with van der Waals surface area (Å²) in [6.07, 6.45) is 1.04. The first-order valence-corrected chi connectivity index (χ1v) is 13.6. The molecule has 1 aliphatic carbocycles. The van der Waals surface area contributed by atoms with Crippen LogP contribution in [0.1, 0.15) is 44.6 Å². The van der Waals surface area contributed by atoms with Gasteiger partial charge >= 0.3 is 6.03 Å². The molecule has 9 nitrogen and oxygen atoms in total. The smallest absolute Gasteiger partial charge is 0.320 e. The molecular weight excluding hydrogens is 551 g/mol. The summed E-state index contributed by atoms with van der Waals surface area (Å²) in [7, 11) is 1.35. The number of hydrogen-bond donors (Lipinski definition) is 3. The Morgan fingerprint density at radius 1 is 1.14 bits per heavy atom. The molecule has 0 radical (unpaired) electrons. The molecule has 1 fully saturated rings. The zero-order chi connectivity index (χ0) is 30.4. The van der Waals surface area contributed by atoms with Gasteiger partial charge in [0.15, 0.2) is 23.2 Å². The van der Waals surface area contributed by atoms with Gasteiger partial charge in [0.25, 0.3) is 0 Å². The van der Waals surface area contributed by atoms with Gasteiger partial charge < -0.3 is 20.7 Å². The number of ether oxygens (including phenoxy) is 1. The fourth-order valence-corrected chi connectivity index (χ4v) is 5.62. The van der Waals surface area contributed by atoms with Crippen molar-refractivity contribution in [2.24, 2.45) is 0 Å². The Morgan fingerprint density at radius 2 is 1.79 bits per heavy atom. The molecule has 1 unspecified atom stereocenters. The van der Waals surface area contributed by atoms with E-state index in [4.69, 9.17) is 4.74 Å². The molecule has 42 heavy (non-hydrogen) atoms. The predicted octanol–water partition coefficient (Wildman–Crippen LogP) is 3.95. The number of hydrogen-bond acceptors (Lipinski definition) is 6. The lowest BCUT2D eigenvalue weighted by atomic mass is 9.69. The third kappa shape index (κ3) is 6.48. The summed E-state index contributed by atoms with van der Waals surface area (Å²) in [5.41, 5.74) is 0.0502. The van der Waals surface area contributed by atoms with Crippen LogP contribution in [0.2, 0.25) is 0 Å². The highest BCUT2D eigenvalue weighted by Gasteiger charge is 2.39. The Hall–Kier alpha value is -4.21. The van der Waals surface area contributed by atoms with Crippen LogP contribution >= 0.6 is 0 Å². The molecular formula is C30H32F3N5O4. The van der Waals surface area contributed by atoms with Crippen molar-refractivity contribution in [3.8, 4) is 6.07 Å². The zero-order valence-electron chi connectivity index (χ0n) is 23.3. The molecule has 0 aromatic heterocycles. The fourth-order valence-electron chi connectivity index (χ4n) is 5.62. The number of ketones is 1. The summed E-state index contributed by atoms with van der Waals surface area (Å²) in [4.78, 5) is 39.6. The van der Waals surface area contributed by atoms with E-state index in [1.165, 1.54) is 14.0 Å². The number of methoxy groups -OCH3 is 1. The van der Waals surface area contributed by atoms with Crippen LogP contribution in [0.3, 0.4) is 0 Å². The molecule has 1 saturated carbocycles. The predicted molar refractivity (Wildman–Crippen MR) is 147 cm³/mol. The van der Waals surface area contributed by atoms with Gasteiger partial charge in [-0.25, -0.2) is 18.0 Å². The van der Waals surface area contributed by atoms with E-state index in [-0.39, 0.29) is 42.6 Å². The summed E-state index contributed by atoms with van der Waals surface area (Å²) in [5, 5.41) is 18.2. The standard InChI is InChI=1S/C30H32F3N5O4/c1-18(39)26-24(16-42-2)36-29(41)37-28(26)38(21-14-22(31)27(33)23(32)15-21)25(40)10-13-35-20-8-11-30(17-34,12-9-20)19-6-4-3-5-7-19/h3-7,14-15,20,28,35H,8-13,16H2,1-2H3,(H2,36,37,41). The molecule has 222 valence electrons. The van der Waals surface area contributed by atoms with Gasteiger partial charge in [-0.3, -0.25) is 14.5 Å². The van der Waals surface area contributed by atoms with Crippen molar-refractivity contribution in [3.63, 3.8) is 0 Å². The molecule has 4 rings (SSSR count). The Labute approximate surface area is 241 Å². The molecule has 3 amide bonds. The minimum absolute atomic E-state index is 0.0247. The number of benzene rings is 2. The van der Waals surface area contributed by atoms with Crippen LogP contribution in [0.4, 0.5) is 23.7 Å². The summed E-state index contributed by atoms with van der Waals surface area (Å²) in [6, 6.07) is 12.6. The molecule has 2 aliphatic rings. The van der Waals surface area contributed by atoms with Gasteiger partial charge in [0.2, 0.25) is 5.91 Å². The lowest BCUT2D eigenvalue weighted by Crippen LogP contribution is -2.60. The largest absolute Gasteiger partial charge is 0.378 e. The normalized spacial score (nSPS) is 22.1. The maximum atomic E-state index is 14.3. The van der Waals surface area contributed by atoms with Crippen LogP contribution in [0.25, 0.3) is 0 Å². The van der Waals surface area contributed by atoms with Crippen LogP contribution in [-0.2, 0) is 19.7 Å². The lowest BCUT2D eigenvalue weighted by Gasteiger charge is -2.38. The zero-order valence-corrected chi connectivity index (χ0v) is 23.3. The molecule has 2 aromatic carbocycles. The first-order chi connectivity index (χ1) is 20.1. The minimum Gasteiger partial charge on any atom is -0.378 e. The number of carbonyl (C=O) groups excluding carboxylic acids is 3. The van der Waals surface area contributed by atoms with Crippen molar-refractivity contribution in [3.05, 3.63) is 76.7 Å². The summed E-state index contributed by atoms with van der Waals surface area (Å²) in [5.74, 6) is -5.99. The maximum Gasteiger partial charge on any atom is 0.320 e. The van der Waals surface area contributed by atoms with Crippen molar-refractivity contribution in [2.75, 3.05) is 25.2 Å². The first-order valence-electron chi connectivity index (χ1n) is 13.6. The number of Topliss-reactive ketones (excluding diaryl/α,β-unsaturated/α-hetero) is 1. The number of nitrogens with one attached hydrogen (secondary N) is 3. The lowest BCUT2D eigenvalue weighted by molar-refractivity contribution is -0.119. The Kier molecular flexibility index (Phi) is 9.65. The number of carbonyl (C=O) groups is 3. The van der Waals surface area contributed by atoms with Crippen molar-refractivity contribution < 1.29 is 32.3 Å². The highest BCUT2D eigenvalue weighted by Crippen LogP contribution is 2.39. The van der Waals surface area contributed by atoms with Crippen molar-refractivity contribution >= 4 is 23.4 Å². The first kappa shape index (κ1) is 30.7. The SMILES string of the molecule is COCC1=C(C(C)=O)C(N(C(=O)CCNC2CCC(C#N)(c3ccccc3)CC2)c2cc(F)c(F)c(F)c2)NC(=O)N1. The molecule has 0 bridgehead atoms. The van der Waals surface area contributed by atoms with E-state index in [9.17, 15) is 32.8 Å².